The van der Waals surface area contributed by atoms with E-state index in [9.17, 15) is 0 Å². The maximum atomic E-state index is 3.59. The van der Waals surface area contributed by atoms with Gasteiger partial charge in [0.2, 0.25) is 0 Å². The Bertz CT molecular complexity index is 258. The summed E-state index contributed by atoms with van der Waals surface area (Å²) in [5.74, 6) is 2.68. The Morgan fingerprint density at radius 2 is 1.90 bits per heavy atom. The molecule has 3 unspecified atom stereocenters. The fourth-order valence-corrected chi connectivity index (χ4v) is 4.46. The van der Waals surface area contributed by atoms with Crippen LogP contribution in [0.15, 0.2) is 0 Å². The highest BCUT2D eigenvalue weighted by molar-refractivity contribution is 4.86. The normalized spacial score (nSPS) is 31.9. The second-order valence-electron chi connectivity index (χ2n) is 7.47. The third kappa shape index (κ3) is 4.46. The molecule has 1 heterocycles. The molecule has 0 bridgehead atoms. The van der Waals surface area contributed by atoms with E-state index in [1.165, 1.54) is 71.1 Å². The maximum Gasteiger partial charge on any atom is 0.0126 e. The number of nitrogens with zero attached hydrogens (tertiary/aromatic N) is 1. The van der Waals surface area contributed by atoms with Crippen molar-refractivity contribution in [1.82, 2.24) is 10.2 Å². The average molecular weight is 280 g/mol. The molecule has 1 saturated heterocycles. The molecule has 0 aromatic rings. The van der Waals surface area contributed by atoms with Crippen LogP contribution in [0.3, 0.4) is 0 Å². The molecule has 2 nitrogen and oxygen atoms in total. The minimum absolute atomic E-state index is 0.851. The average Bonchev–Trinajstić information content (AvgIpc) is 2.48. The van der Waals surface area contributed by atoms with Gasteiger partial charge in [-0.3, -0.25) is 4.90 Å². The first-order valence-corrected chi connectivity index (χ1v) is 9.17. The van der Waals surface area contributed by atoms with Gasteiger partial charge >= 0.3 is 0 Å². The van der Waals surface area contributed by atoms with Crippen molar-refractivity contribution in [3.05, 3.63) is 0 Å². The van der Waals surface area contributed by atoms with Crippen LogP contribution in [0, 0.1) is 17.8 Å². The highest BCUT2D eigenvalue weighted by Gasteiger charge is 2.32. The number of hydrogen-bond donors (Lipinski definition) is 1. The predicted octanol–water partition coefficient (Wildman–Crippen LogP) is 3.91. The van der Waals surface area contributed by atoms with Crippen molar-refractivity contribution in [2.45, 2.75) is 71.8 Å². The molecular weight excluding hydrogens is 244 g/mol. The van der Waals surface area contributed by atoms with Crippen LogP contribution in [0.2, 0.25) is 0 Å². The van der Waals surface area contributed by atoms with Crippen LogP contribution in [0.25, 0.3) is 0 Å². The first kappa shape index (κ1) is 16.3. The van der Waals surface area contributed by atoms with Gasteiger partial charge in [-0.2, -0.15) is 0 Å². The number of nitrogens with one attached hydrogen (secondary N) is 1. The van der Waals surface area contributed by atoms with Crippen LogP contribution < -0.4 is 5.32 Å². The van der Waals surface area contributed by atoms with Crippen LogP contribution in [0.5, 0.6) is 0 Å². The van der Waals surface area contributed by atoms with Crippen LogP contribution in [0.1, 0.15) is 65.7 Å². The Morgan fingerprint density at radius 1 is 1.10 bits per heavy atom. The third-order valence-corrected chi connectivity index (χ3v) is 5.51. The highest BCUT2D eigenvalue weighted by atomic mass is 15.2. The molecule has 2 fully saturated rings. The first-order valence-electron chi connectivity index (χ1n) is 9.17. The lowest BCUT2D eigenvalue weighted by atomic mass is 9.76. The summed E-state index contributed by atoms with van der Waals surface area (Å²) < 4.78 is 0. The maximum absolute atomic E-state index is 3.59. The van der Waals surface area contributed by atoms with Crippen molar-refractivity contribution < 1.29 is 0 Å². The molecule has 2 rings (SSSR count). The van der Waals surface area contributed by atoms with Gasteiger partial charge in [0.05, 0.1) is 0 Å². The summed E-state index contributed by atoms with van der Waals surface area (Å²) in [7, 11) is 0. The van der Waals surface area contributed by atoms with Gasteiger partial charge in [-0.15, -0.1) is 0 Å². The van der Waals surface area contributed by atoms with Gasteiger partial charge < -0.3 is 5.32 Å². The Balaban J connectivity index is 1.97. The molecule has 1 aliphatic carbocycles. The Morgan fingerprint density at radius 3 is 2.55 bits per heavy atom. The molecule has 0 amide bonds. The molecule has 3 atom stereocenters. The lowest BCUT2D eigenvalue weighted by Crippen LogP contribution is -2.48. The van der Waals surface area contributed by atoms with E-state index >= 15 is 0 Å². The molecule has 0 spiro atoms. The highest BCUT2D eigenvalue weighted by Crippen LogP contribution is 2.34. The summed E-state index contributed by atoms with van der Waals surface area (Å²) in [6.07, 6.45) is 9.95. The van der Waals surface area contributed by atoms with Crippen molar-refractivity contribution in [2.75, 3.05) is 26.2 Å². The minimum atomic E-state index is 0.851. The summed E-state index contributed by atoms with van der Waals surface area (Å²) in [6.45, 7) is 12.4. The smallest absolute Gasteiger partial charge is 0.0126 e. The van der Waals surface area contributed by atoms with Crippen LogP contribution in [-0.4, -0.2) is 37.1 Å². The van der Waals surface area contributed by atoms with Gasteiger partial charge in [0.15, 0.2) is 0 Å². The number of hydrogen-bond acceptors (Lipinski definition) is 2. The van der Waals surface area contributed by atoms with E-state index in [4.69, 9.17) is 0 Å². The van der Waals surface area contributed by atoms with Gasteiger partial charge in [-0.05, 0) is 69.5 Å². The minimum Gasteiger partial charge on any atom is -0.316 e. The largest absolute Gasteiger partial charge is 0.316 e. The van der Waals surface area contributed by atoms with E-state index in [1.54, 1.807) is 0 Å². The summed E-state index contributed by atoms with van der Waals surface area (Å²) in [4.78, 5) is 2.88. The quantitative estimate of drug-likeness (QED) is 0.793. The molecule has 0 aromatic carbocycles. The van der Waals surface area contributed by atoms with Gasteiger partial charge in [0, 0.05) is 12.6 Å². The zero-order valence-electron chi connectivity index (χ0n) is 14.0. The van der Waals surface area contributed by atoms with E-state index in [-0.39, 0.29) is 0 Å². The molecule has 1 aliphatic heterocycles. The molecule has 20 heavy (non-hydrogen) atoms. The fraction of sp³-hybridized carbons (Fsp3) is 1.00. The lowest BCUT2D eigenvalue weighted by Gasteiger charge is -2.43. The lowest BCUT2D eigenvalue weighted by molar-refractivity contribution is 0.0615. The van der Waals surface area contributed by atoms with Gasteiger partial charge in [-0.25, -0.2) is 0 Å². The number of piperidine rings is 1. The van der Waals surface area contributed by atoms with E-state index in [0.29, 0.717) is 0 Å². The van der Waals surface area contributed by atoms with Crippen LogP contribution in [0.4, 0.5) is 0 Å². The molecule has 1 N–H and O–H groups in total. The zero-order valence-corrected chi connectivity index (χ0v) is 14.0. The molecule has 2 heteroatoms. The van der Waals surface area contributed by atoms with Gasteiger partial charge in [0.25, 0.3) is 0 Å². The van der Waals surface area contributed by atoms with Crippen molar-refractivity contribution in [2.24, 2.45) is 17.8 Å². The van der Waals surface area contributed by atoms with Crippen LogP contribution >= 0.6 is 0 Å². The third-order valence-electron chi connectivity index (χ3n) is 5.51. The van der Waals surface area contributed by atoms with Crippen molar-refractivity contribution in [3.8, 4) is 0 Å². The van der Waals surface area contributed by atoms with Crippen LogP contribution in [-0.2, 0) is 0 Å². The van der Waals surface area contributed by atoms with Gasteiger partial charge in [-0.1, -0.05) is 33.6 Å². The molecule has 2 aliphatic rings. The van der Waals surface area contributed by atoms with Gasteiger partial charge in [0.1, 0.15) is 0 Å². The molecule has 0 aromatic heterocycles. The first-order chi connectivity index (χ1) is 9.72. The van der Waals surface area contributed by atoms with Crippen molar-refractivity contribution in [3.63, 3.8) is 0 Å². The molecule has 118 valence electrons. The number of rotatable bonds is 6. The SMILES string of the molecule is CCCN(CC1CCCNC1)C1CCCCC1C(C)C. The topological polar surface area (TPSA) is 15.3 Å². The second kappa shape index (κ2) is 8.38. The predicted molar refractivity (Wildman–Crippen MR) is 88.0 cm³/mol. The summed E-state index contributed by atoms with van der Waals surface area (Å²) >= 11 is 0. The Labute approximate surface area is 126 Å². The van der Waals surface area contributed by atoms with E-state index in [0.717, 1.165) is 23.8 Å². The van der Waals surface area contributed by atoms with E-state index < -0.39 is 0 Å². The van der Waals surface area contributed by atoms with E-state index in [2.05, 4.69) is 31.0 Å². The monoisotopic (exact) mass is 280 g/mol. The molecule has 1 saturated carbocycles. The standard InChI is InChI=1S/C18H36N2/c1-4-12-20(14-16-8-7-11-19-13-16)18-10-6-5-9-17(18)15(2)3/h15-19H,4-14H2,1-3H3. The molecular formula is C18H36N2. The second-order valence-corrected chi connectivity index (χ2v) is 7.47. The van der Waals surface area contributed by atoms with Crippen molar-refractivity contribution >= 4 is 0 Å². The fourth-order valence-electron chi connectivity index (χ4n) is 4.46. The van der Waals surface area contributed by atoms with Crippen molar-refractivity contribution in [1.29, 1.82) is 0 Å². The zero-order chi connectivity index (χ0) is 14.4. The Hall–Kier alpha value is -0.0800. The Kier molecular flexibility index (Phi) is 6.83. The molecule has 0 radical (unpaired) electrons. The summed E-state index contributed by atoms with van der Waals surface area (Å²) in [5.41, 5.74) is 0. The summed E-state index contributed by atoms with van der Waals surface area (Å²) in [6, 6.07) is 0.866. The van der Waals surface area contributed by atoms with E-state index in [1.807, 2.05) is 0 Å². The summed E-state index contributed by atoms with van der Waals surface area (Å²) in [5, 5.41) is 3.59.